The third-order valence-electron chi connectivity index (χ3n) is 10.9. The molecule has 0 amide bonds. The van der Waals surface area contributed by atoms with Crippen LogP contribution in [-0.4, -0.2) is 46.1 Å². The minimum absolute atomic E-state index is 0.00542. The number of aliphatic hydroxyl groups excluding tert-OH is 1. The number of Topliss-reactive ketones (excluding diaryl/α,β-unsaturated/α-hetero) is 1. The van der Waals surface area contributed by atoms with Gasteiger partial charge < -0.3 is 14.9 Å². The average Bonchev–Trinajstić information content (AvgIpc) is 3.18. The zero-order valence-corrected chi connectivity index (χ0v) is 26.4. The topological polar surface area (TPSA) is 101 Å². The first-order chi connectivity index (χ1) is 19.7. The second-order valence-electron chi connectivity index (χ2n) is 14.0. The fourth-order valence-corrected chi connectivity index (χ4v) is 8.60. The highest BCUT2D eigenvalue weighted by Gasteiger charge is 2.68. The van der Waals surface area contributed by atoms with E-state index in [1.54, 1.807) is 12.2 Å². The molecule has 6 heteroatoms. The fraction of sp³-hybridized carbons (Fsp3) is 0.639. The van der Waals surface area contributed by atoms with E-state index in [1.807, 2.05) is 19.9 Å². The van der Waals surface area contributed by atoms with Gasteiger partial charge in [0.25, 0.3) is 0 Å². The number of allylic oxidation sites excluding steroid dienone is 9. The van der Waals surface area contributed by atoms with E-state index in [9.17, 15) is 24.6 Å². The van der Waals surface area contributed by atoms with Crippen LogP contribution in [0.2, 0.25) is 0 Å². The molecule has 3 saturated carbocycles. The van der Waals surface area contributed by atoms with Crippen molar-refractivity contribution in [2.45, 2.75) is 111 Å². The molecule has 0 bridgehead atoms. The van der Waals surface area contributed by atoms with Crippen LogP contribution in [0.25, 0.3) is 0 Å². The summed E-state index contributed by atoms with van der Waals surface area (Å²) in [4.78, 5) is 38.1. The van der Waals surface area contributed by atoms with Crippen LogP contribution in [-0.2, 0) is 19.1 Å². The van der Waals surface area contributed by atoms with Gasteiger partial charge in [0.2, 0.25) is 5.78 Å². The van der Waals surface area contributed by atoms with Crippen LogP contribution in [0.1, 0.15) is 99.3 Å². The Morgan fingerprint density at radius 2 is 1.74 bits per heavy atom. The first-order valence-electron chi connectivity index (χ1n) is 15.7. The largest absolute Gasteiger partial charge is 0.454 e. The van der Waals surface area contributed by atoms with E-state index < -0.39 is 40.9 Å². The van der Waals surface area contributed by atoms with Crippen LogP contribution in [0.3, 0.4) is 0 Å². The minimum atomic E-state index is -1.66. The molecule has 0 aliphatic heterocycles. The van der Waals surface area contributed by atoms with Gasteiger partial charge in [-0.2, -0.15) is 0 Å². The number of hydrogen-bond donors (Lipinski definition) is 2. The highest BCUT2D eigenvalue weighted by atomic mass is 16.5. The maximum absolute atomic E-state index is 13.5. The number of fused-ring (bicyclic) bond motifs is 5. The van der Waals surface area contributed by atoms with Crippen molar-refractivity contribution in [1.29, 1.82) is 0 Å². The summed E-state index contributed by atoms with van der Waals surface area (Å²) in [5.41, 5.74) is 1.73. The SMILES string of the molecule is CC(C)=CCC/C(C)=C/CC/C(C)=C\C(=O)OCC(=O)[C@@]1(O)CC[C@H]2[C@@H]3CCC4=CC(=O)C=C[C@]4(C)[C@H]3[C@@H](O)C[C@@]21C. The van der Waals surface area contributed by atoms with Crippen molar-refractivity contribution in [3.8, 4) is 0 Å². The van der Waals surface area contributed by atoms with Crippen molar-refractivity contribution in [2.24, 2.45) is 28.6 Å². The van der Waals surface area contributed by atoms with Crippen LogP contribution < -0.4 is 0 Å². The van der Waals surface area contributed by atoms with Gasteiger partial charge >= 0.3 is 5.97 Å². The van der Waals surface area contributed by atoms with Gasteiger partial charge in [-0.05, 0) is 109 Å². The second kappa shape index (κ2) is 12.6. The summed E-state index contributed by atoms with van der Waals surface area (Å²) >= 11 is 0. The zero-order valence-electron chi connectivity index (χ0n) is 26.4. The van der Waals surface area contributed by atoms with Crippen LogP contribution in [0.5, 0.6) is 0 Å². The molecule has 0 aromatic carbocycles. The van der Waals surface area contributed by atoms with Crippen LogP contribution in [0, 0.1) is 28.6 Å². The Balaban J connectivity index is 1.36. The third kappa shape index (κ3) is 6.21. The van der Waals surface area contributed by atoms with E-state index in [0.717, 1.165) is 49.7 Å². The number of ketones is 2. The minimum Gasteiger partial charge on any atom is -0.454 e. The molecule has 230 valence electrons. The quantitative estimate of drug-likeness (QED) is 0.174. The lowest BCUT2D eigenvalue weighted by Crippen LogP contribution is -2.61. The summed E-state index contributed by atoms with van der Waals surface area (Å²) in [5.74, 6) is -0.957. The molecule has 3 fully saturated rings. The molecule has 0 aromatic rings. The van der Waals surface area contributed by atoms with Gasteiger partial charge in [0.15, 0.2) is 12.4 Å². The van der Waals surface area contributed by atoms with Crippen LogP contribution in [0.15, 0.2) is 58.7 Å². The predicted molar refractivity (Wildman–Crippen MR) is 164 cm³/mol. The second-order valence-corrected chi connectivity index (χ2v) is 14.0. The molecule has 2 N–H and O–H groups in total. The van der Waals surface area contributed by atoms with Gasteiger partial charge in [0, 0.05) is 22.8 Å². The molecule has 42 heavy (non-hydrogen) atoms. The number of carbonyl (C=O) groups is 3. The molecule has 4 rings (SSSR count). The molecule has 0 aromatic heterocycles. The maximum atomic E-state index is 13.5. The molecule has 6 nitrogen and oxygen atoms in total. The Hall–Kier alpha value is -2.57. The van der Waals surface area contributed by atoms with Crippen LogP contribution in [0.4, 0.5) is 0 Å². The molecule has 0 heterocycles. The highest BCUT2D eigenvalue weighted by molar-refractivity contribution is 6.01. The van der Waals surface area contributed by atoms with Crippen LogP contribution >= 0.6 is 0 Å². The smallest absolute Gasteiger partial charge is 0.331 e. The van der Waals surface area contributed by atoms with E-state index in [-0.39, 0.29) is 23.5 Å². The van der Waals surface area contributed by atoms with Gasteiger partial charge in [-0.25, -0.2) is 4.79 Å². The number of esters is 1. The molecule has 0 radical (unpaired) electrons. The highest BCUT2D eigenvalue weighted by Crippen LogP contribution is 2.67. The van der Waals surface area contributed by atoms with Crippen molar-refractivity contribution in [2.75, 3.05) is 6.61 Å². The zero-order chi connectivity index (χ0) is 30.9. The van der Waals surface area contributed by atoms with E-state index in [2.05, 4.69) is 39.8 Å². The molecule has 0 saturated heterocycles. The van der Waals surface area contributed by atoms with Gasteiger partial charge in [0.1, 0.15) is 5.60 Å². The molecule has 7 atom stereocenters. The average molecular weight is 579 g/mol. The monoisotopic (exact) mass is 578 g/mol. The molecule has 0 spiro atoms. The number of aliphatic hydroxyl groups is 2. The standard InChI is InChI=1S/C36H50O6/c1-23(2)9-7-10-24(3)11-8-12-25(4)19-32(40)42-22-31(39)36(41)18-16-29-28-14-13-26-20-27(37)15-17-34(26,5)33(28)30(38)21-35(29,36)6/h9,11,15,17,19-20,28-30,33,38,41H,7-8,10,12-14,16,18,21-22H2,1-6H3/b24-11+,25-19-/t28-,29-,30-,33+,34-,35-,36-/m0/s1. The fourth-order valence-electron chi connectivity index (χ4n) is 8.60. The molecule has 4 aliphatic rings. The third-order valence-corrected chi connectivity index (χ3v) is 10.9. The molecule has 0 unspecified atom stereocenters. The number of hydrogen-bond acceptors (Lipinski definition) is 6. The Kier molecular flexibility index (Phi) is 9.69. The van der Waals surface area contributed by atoms with Crippen molar-refractivity contribution >= 4 is 17.5 Å². The van der Waals surface area contributed by atoms with E-state index in [4.69, 9.17) is 4.74 Å². The maximum Gasteiger partial charge on any atom is 0.331 e. The Bertz CT molecular complexity index is 1250. The van der Waals surface area contributed by atoms with Gasteiger partial charge in [-0.15, -0.1) is 0 Å². The van der Waals surface area contributed by atoms with Crippen molar-refractivity contribution in [1.82, 2.24) is 0 Å². The summed E-state index contributed by atoms with van der Waals surface area (Å²) in [6.45, 7) is 11.8. The summed E-state index contributed by atoms with van der Waals surface area (Å²) < 4.78 is 5.35. The molecule has 4 aliphatic carbocycles. The summed E-state index contributed by atoms with van der Waals surface area (Å²) in [7, 11) is 0. The first kappa shape index (κ1) is 32.3. The van der Waals surface area contributed by atoms with E-state index >= 15 is 0 Å². The van der Waals surface area contributed by atoms with E-state index in [1.165, 1.54) is 17.2 Å². The first-order valence-corrected chi connectivity index (χ1v) is 15.7. The molecular weight excluding hydrogens is 528 g/mol. The number of ether oxygens (including phenoxy) is 1. The number of rotatable bonds is 10. The summed E-state index contributed by atoms with van der Waals surface area (Å²) in [6.07, 6.45) is 16.9. The lowest BCUT2D eigenvalue weighted by Gasteiger charge is -2.59. The van der Waals surface area contributed by atoms with Gasteiger partial charge in [-0.3, -0.25) is 9.59 Å². The predicted octanol–water partition coefficient (Wildman–Crippen LogP) is 6.53. The Morgan fingerprint density at radius 3 is 2.45 bits per heavy atom. The summed E-state index contributed by atoms with van der Waals surface area (Å²) in [6, 6.07) is 0. The lowest BCUT2D eigenvalue weighted by atomic mass is 9.46. The van der Waals surface area contributed by atoms with Gasteiger partial charge in [-0.1, -0.05) is 54.4 Å². The van der Waals surface area contributed by atoms with Gasteiger partial charge in [0.05, 0.1) is 6.10 Å². The van der Waals surface area contributed by atoms with Crippen molar-refractivity contribution in [3.63, 3.8) is 0 Å². The number of carbonyl (C=O) groups excluding carboxylic acids is 3. The summed E-state index contributed by atoms with van der Waals surface area (Å²) in [5, 5.41) is 23.4. The lowest BCUT2D eigenvalue weighted by molar-refractivity contribution is -0.180. The normalized spacial score (nSPS) is 36.0. The Labute approximate surface area is 251 Å². The Morgan fingerprint density at radius 1 is 1.05 bits per heavy atom. The van der Waals surface area contributed by atoms with Crippen molar-refractivity contribution < 1.29 is 29.3 Å². The van der Waals surface area contributed by atoms with E-state index in [0.29, 0.717) is 19.3 Å². The molecular formula is C36H50O6. The van der Waals surface area contributed by atoms with Crippen molar-refractivity contribution in [3.05, 3.63) is 58.7 Å².